The van der Waals surface area contributed by atoms with Crippen LogP contribution in [0.3, 0.4) is 0 Å². The van der Waals surface area contributed by atoms with Crippen molar-refractivity contribution in [3.63, 3.8) is 0 Å². The summed E-state index contributed by atoms with van der Waals surface area (Å²) in [7, 11) is 0. The molecule has 0 unspecified atom stereocenters. The Morgan fingerprint density at radius 2 is 1.64 bits per heavy atom. The molecule has 6 heteroatoms. The molecule has 0 fully saturated rings. The Morgan fingerprint density at radius 1 is 0.955 bits per heavy atom. The van der Waals surface area contributed by atoms with Crippen molar-refractivity contribution >= 4 is 17.6 Å². The van der Waals surface area contributed by atoms with Gasteiger partial charge in [-0.3, -0.25) is 4.79 Å². The number of para-hydroxylation sites is 2. The van der Waals surface area contributed by atoms with Gasteiger partial charge in [0.1, 0.15) is 11.6 Å². The molecule has 0 saturated heterocycles. The molecular formula is C16H14FNO4. The fourth-order valence-electron chi connectivity index (χ4n) is 1.60. The summed E-state index contributed by atoms with van der Waals surface area (Å²) >= 11 is 0. The zero-order valence-electron chi connectivity index (χ0n) is 11.6. The van der Waals surface area contributed by atoms with E-state index in [4.69, 9.17) is 9.47 Å². The van der Waals surface area contributed by atoms with E-state index in [1.165, 1.54) is 18.2 Å². The second kappa shape index (κ2) is 7.78. The maximum atomic E-state index is 13.3. The summed E-state index contributed by atoms with van der Waals surface area (Å²) in [6.07, 6.45) is 0. The summed E-state index contributed by atoms with van der Waals surface area (Å²) in [5, 5.41) is 2.31. The first-order valence-electron chi connectivity index (χ1n) is 6.53. The third kappa shape index (κ3) is 4.90. The van der Waals surface area contributed by atoms with E-state index in [1.54, 1.807) is 30.3 Å². The van der Waals surface area contributed by atoms with Gasteiger partial charge in [-0.15, -0.1) is 0 Å². The van der Waals surface area contributed by atoms with Crippen molar-refractivity contribution in [2.24, 2.45) is 0 Å². The van der Waals surface area contributed by atoms with Crippen molar-refractivity contribution in [2.75, 3.05) is 18.5 Å². The van der Waals surface area contributed by atoms with Crippen LogP contribution in [0.15, 0.2) is 54.6 Å². The molecular weight excluding hydrogens is 289 g/mol. The molecule has 1 N–H and O–H groups in total. The number of amides is 1. The van der Waals surface area contributed by atoms with Crippen LogP contribution in [-0.4, -0.2) is 25.1 Å². The van der Waals surface area contributed by atoms with Crippen LogP contribution in [0, 0.1) is 5.82 Å². The van der Waals surface area contributed by atoms with Gasteiger partial charge in [0.05, 0.1) is 5.69 Å². The predicted molar refractivity (Wildman–Crippen MR) is 77.9 cm³/mol. The molecule has 0 saturated carbocycles. The lowest BCUT2D eigenvalue weighted by Gasteiger charge is -2.08. The highest BCUT2D eigenvalue weighted by atomic mass is 19.1. The minimum atomic E-state index is -0.687. The quantitative estimate of drug-likeness (QED) is 0.832. The molecule has 0 aromatic heterocycles. The molecule has 1 amide bonds. The molecule has 0 radical (unpaired) electrons. The second-order valence-corrected chi connectivity index (χ2v) is 4.29. The molecule has 0 bridgehead atoms. The van der Waals surface area contributed by atoms with Crippen LogP contribution < -0.4 is 10.1 Å². The van der Waals surface area contributed by atoms with Gasteiger partial charge in [-0.2, -0.15) is 0 Å². The number of ether oxygens (including phenoxy) is 2. The Morgan fingerprint density at radius 3 is 2.36 bits per heavy atom. The molecule has 0 aliphatic rings. The minimum Gasteiger partial charge on any atom is -0.482 e. The van der Waals surface area contributed by atoms with Gasteiger partial charge in [-0.25, -0.2) is 9.18 Å². The zero-order valence-corrected chi connectivity index (χ0v) is 11.6. The van der Waals surface area contributed by atoms with Gasteiger partial charge in [0.15, 0.2) is 13.2 Å². The van der Waals surface area contributed by atoms with Crippen molar-refractivity contribution in [1.82, 2.24) is 0 Å². The maximum absolute atomic E-state index is 13.3. The summed E-state index contributed by atoms with van der Waals surface area (Å²) in [6, 6.07) is 14.5. The molecule has 0 aliphatic carbocycles. The second-order valence-electron chi connectivity index (χ2n) is 4.29. The van der Waals surface area contributed by atoms with E-state index in [1.807, 2.05) is 6.07 Å². The minimum absolute atomic E-state index is 0.0316. The van der Waals surface area contributed by atoms with E-state index >= 15 is 0 Å². The van der Waals surface area contributed by atoms with Crippen molar-refractivity contribution in [3.8, 4) is 5.75 Å². The zero-order chi connectivity index (χ0) is 15.8. The molecule has 114 valence electrons. The third-order valence-electron chi connectivity index (χ3n) is 2.61. The summed E-state index contributed by atoms with van der Waals surface area (Å²) < 4.78 is 23.2. The lowest BCUT2D eigenvalue weighted by atomic mass is 10.3. The third-order valence-corrected chi connectivity index (χ3v) is 2.61. The number of carbonyl (C=O) groups excluding carboxylic acids is 2. The maximum Gasteiger partial charge on any atom is 0.344 e. The normalized spacial score (nSPS) is 9.86. The van der Waals surface area contributed by atoms with E-state index in [-0.39, 0.29) is 12.3 Å². The number of anilines is 1. The molecule has 2 rings (SSSR count). The summed E-state index contributed by atoms with van der Waals surface area (Å²) in [5.41, 5.74) is 0.0316. The average molecular weight is 303 g/mol. The monoisotopic (exact) mass is 303 g/mol. The van der Waals surface area contributed by atoms with Gasteiger partial charge in [-0.05, 0) is 24.3 Å². The van der Waals surface area contributed by atoms with Crippen LogP contribution in [0.1, 0.15) is 0 Å². The highest BCUT2D eigenvalue weighted by Crippen LogP contribution is 2.12. The topological polar surface area (TPSA) is 64.6 Å². The number of halogens is 1. The average Bonchev–Trinajstić information content (AvgIpc) is 2.54. The van der Waals surface area contributed by atoms with Crippen LogP contribution in [0.2, 0.25) is 0 Å². The number of hydrogen-bond acceptors (Lipinski definition) is 4. The Bertz CT molecular complexity index is 646. The Labute approximate surface area is 126 Å². The van der Waals surface area contributed by atoms with E-state index in [2.05, 4.69) is 5.32 Å². The first-order valence-corrected chi connectivity index (χ1v) is 6.53. The molecule has 2 aromatic carbocycles. The van der Waals surface area contributed by atoms with Crippen LogP contribution in [0.4, 0.5) is 10.1 Å². The van der Waals surface area contributed by atoms with Crippen LogP contribution >= 0.6 is 0 Å². The van der Waals surface area contributed by atoms with E-state index in [0.717, 1.165) is 0 Å². The summed E-state index contributed by atoms with van der Waals surface area (Å²) in [6.45, 7) is -0.817. The van der Waals surface area contributed by atoms with Gasteiger partial charge >= 0.3 is 5.97 Å². The molecule has 0 heterocycles. The molecule has 0 aliphatic heterocycles. The number of esters is 1. The van der Waals surface area contributed by atoms with Crippen LogP contribution in [0.5, 0.6) is 5.75 Å². The predicted octanol–water partition coefficient (Wildman–Crippen LogP) is 2.39. The van der Waals surface area contributed by atoms with Crippen molar-refractivity contribution < 1.29 is 23.5 Å². The van der Waals surface area contributed by atoms with E-state index in [9.17, 15) is 14.0 Å². The highest BCUT2D eigenvalue weighted by molar-refractivity contribution is 5.92. The molecule has 22 heavy (non-hydrogen) atoms. The van der Waals surface area contributed by atoms with Crippen molar-refractivity contribution in [1.29, 1.82) is 0 Å². The number of benzene rings is 2. The van der Waals surface area contributed by atoms with Gasteiger partial charge < -0.3 is 14.8 Å². The van der Waals surface area contributed by atoms with E-state index in [0.29, 0.717) is 5.75 Å². The summed E-state index contributed by atoms with van der Waals surface area (Å²) in [5.74, 6) is -1.35. The molecule has 0 atom stereocenters. The van der Waals surface area contributed by atoms with Crippen molar-refractivity contribution in [2.45, 2.75) is 0 Å². The van der Waals surface area contributed by atoms with Crippen molar-refractivity contribution in [3.05, 3.63) is 60.4 Å². The first-order chi connectivity index (χ1) is 10.6. The Kier molecular flexibility index (Phi) is 5.48. The Hall–Kier alpha value is -2.89. The van der Waals surface area contributed by atoms with Gasteiger partial charge in [0.2, 0.25) is 0 Å². The number of rotatable bonds is 6. The lowest BCUT2D eigenvalue weighted by molar-refractivity contribution is -0.149. The SMILES string of the molecule is O=C(COC(=O)COc1ccccc1)Nc1ccccc1F. The van der Waals surface area contributed by atoms with E-state index < -0.39 is 24.3 Å². The largest absolute Gasteiger partial charge is 0.482 e. The van der Waals surface area contributed by atoms with Gasteiger partial charge in [0, 0.05) is 0 Å². The fraction of sp³-hybridized carbons (Fsp3) is 0.125. The molecule has 2 aromatic rings. The standard InChI is InChI=1S/C16H14FNO4/c17-13-8-4-5-9-14(13)18-15(19)10-22-16(20)11-21-12-6-2-1-3-7-12/h1-9H,10-11H2,(H,18,19). The highest BCUT2D eigenvalue weighted by Gasteiger charge is 2.10. The molecule has 5 nitrogen and oxygen atoms in total. The molecule has 0 spiro atoms. The lowest BCUT2D eigenvalue weighted by Crippen LogP contribution is -2.24. The fourth-order valence-corrected chi connectivity index (χ4v) is 1.60. The number of nitrogens with one attached hydrogen (secondary N) is 1. The van der Waals surface area contributed by atoms with Crippen LogP contribution in [-0.2, 0) is 14.3 Å². The number of hydrogen-bond donors (Lipinski definition) is 1. The first kappa shape index (κ1) is 15.5. The van der Waals surface area contributed by atoms with Gasteiger partial charge in [-0.1, -0.05) is 30.3 Å². The van der Waals surface area contributed by atoms with Crippen LogP contribution in [0.25, 0.3) is 0 Å². The van der Waals surface area contributed by atoms with Gasteiger partial charge in [0.25, 0.3) is 5.91 Å². The summed E-state index contributed by atoms with van der Waals surface area (Å²) in [4.78, 5) is 23.0. The Balaban J connectivity index is 1.72. The smallest absolute Gasteiger partial charge is 0.344 e. The number of carbonyl (C=O) groups is 2.